The molecule has 1 aliphatic carbocycles. The number of amides is 1. The minimum absolute atomic E-state index is 0.159. The zero-order chi connectivity index (χ0) is 18.5. The first-order chi connectivity index (χ1) is 12.5. The number of aromatic nitrogens is 1. The van der Waals surface area contributed by atoms with Gasteiger partial charge in [-0.25, -0.2) is 0 Å². The fourth-order valence-electron chi connectivity index (χ4n) is 3.59. The summed E-state index contributed by atoms with van der Waals surface area (Å²) in [4.78, 5) is 12.7. The molecule has 5 heteroatoms. The lowest BCUT2D eigenvalue weighted by atomic mass is 10.1. The highest BCUT2D eigenvalue weighted by Crippen LogP contribution is 2.22. The third-order valence-electron chi connectivity index (χ3n) is 4.97. The predicted octanol–water partition coefficient (Wildman–Crippen LogP) is 4.63. The van der Waals surface area contributed by atoms with Gasteiger partial charge in [-0.1, -0.05) is 36.9 Å². The molecule has 0 spiro atoms. The van der Waals surface area contributed by atoms with Crippen molar-refractivity contribution in [2.75, 3.05) is 0 Å². The molecule has 0 aliphatic heterocycles. The molecule has 1 saturated carbocycles. The van der Waals surface area contributed by atoms with Crippen LogP contribution in [0.25, 0.3) is 0 Å². The number of nitrogens with zero attached hydrogens (tertiary/aromatic N) is 1. The monoisotopic (exact) mass is 356 g/mol. The van der Waals surface area contributed by atoms with Crippen molar-refractivity contribution in [3.8, 4) is 5.75 Å². The largest absolute Gasteiger partial charge is 0.489 e. The van der Waals surface area contributed by atoms with E-state index in [0.717, 1.165) is 35.3 Å². The maximum Gasteiger partial charge on any atom is 0.274 e. The first-order valence-electron chi connectivity index (χ1n) is 9.50. The lowest BCUT2D eigenvalue weighted by Gasteiger charge is -2.15. The molecule has 0 saturated heterocycles. The van der Waals surface area contributed by atoms with Gasteiger partial charge in [-0.15, -0.1) is 0 Å². The fraction of sp³-hybridized carbons (Fsp3) is 0.524. The van der Waals surface area contributed by atoms with Gasteiger partial charge in [-0.2, -0.15) is 0 Å². The van der Waals surface area contributed by atoms with Gasteiger partial charge >= 0.3 is 0 Å². The quantitative estimate of drug-likeness (QED) is 0.793. The van der Waals surface area contributed by atoms with Crippen molar-refractivity contribution < 1.29 is 14.1 Å². The van der Waals surface area contributed by atoms with E-state index in [1.165, 1.54) is 25.7 Å². The summed E-state index contributed by atoms with van der Waals surface area (Å²) >= 11 is 0. The molecular weight excluding hydrogens is 328 g/mol. The lowest BCUT2D eigenvalue weighted by Crippen LogP contribution is -2.35. The molecule has 1 fully saturated rings. The Balaban J connectivity index is 1.68. The Hall–Kier alpha value is -2.30. The number of aryl methyl sites for hydroxylation is 3. The summed E-state index contributed by atoms with van der Waals surface area (Å²) in [7, 11) is 0. The van der Waals surface area contributed by atoms with Crippen molar-refractivity contribution >= 4 is 5.91 Å². The summed E-state index contributed by atoms with van der Waals surface area (Å²) in [6.07, 6.45) is 6.93. The van der Waals surface area contributed by atoms with Crippen LogP contribution in [0.2, 0.25) is 0 Å². The van der Waals surface area contributed by atoms with Gasteiger partial charge in [0.15, 0.2) is 5.69 Å². The van der Waals surface area contributed by atoms with Gasteiger partial charge in [0.25, 0.3) is 5.91 Å². The van der Waals surface area contributed by atoms with E-state index in [-0.39, 0.29) is 18.6 Å². The molecule has 0 radical (unpaired) electrons. The Kier molecular flexibility index (Phi) is 5.96. The van der Waals surface area contributed by atoms with Crippen molar-refractivity contribution in [1.29, 1.82) is 0 Å². The van der Waals surface area contributed by atoms with Crippen LogP contribution < -0.4 is 10.1 Å². The summed E-state index contributed by atoms with van der Waals surface area (Å²) in [6, 6.07) is 6.31. The molecule has 1 aromatic carbocycles. The first kappa shape index (κ1) is 18.5. The average Bonchev–Trinajstić information content (AvgIpc) is 2.78. The third-order valence-corrected chi connectivity index (χ3v) is 4.97. The van der Waals surface area contributed by atoms with Crippen molar-refractivity contribution in [2.24, 2.45) is 0 Å². The molecule has 0 bridgehead atoms. The predicted molar refractivity (Wildman–Crippen MR) is 100 cm³/mol. The van der Waals surface area contributed by atoms with E-state index in [9.17, 15) is 4.79 Å². The maximum atomic E-state index is 12.7. The van der Waals surface area contributed by atoms with Crippen molar-refractivity contribution in [3.05, 3.63) is 46.3 Å². The Morgan fingerprint density at radius 3 is 2.42 bits per heavy atom. The van der Waals surface area contributed by atoms with Gasteiger partial charge in [0, 0.05) is 6.04 Å². The average molecular weight is 356 g/mol. The molecule has 2 aromatic rings. The Morgan fingerprint density at radius 1 is 1.12 bits per heavy atom. The molecule has 1 amide bonds. The lowest BCUT2D eigenvalue weighted by molar-refractivity contribution is 0.0922. The highest BCUT2D eigenvalue weighted by Gasteiger charge is 2.23. The van der Waals surface area contributed by atoms with E-state index in [0.29, 0.717) is 11.5 Å². The molecule has 26 heavy (non-hydrogen) atoms. The highest BCUT2D eigenvalue weighted by molar-refractivity contribution is 5.94. The van der Waals surface area contributed by atoms with Gasteiger partial charge in [0.1, 0.15) is 18.1 Å². The number of carbonyl (C=O) groups excluding carboxylic acids is 1. The fourth-order valence-corrected chi connectivity index (χ4v) is 3.59. The van der Waals surface area contributed by atoms with Crippen molar-refractivity contribution in [2.45, 2.75) is 71.9 Å². The molecule has 140 valence electrons. The van der Waals surface area contributed by atoms with Crippen LogP contribution in [-0.4, -0.2) is 17.1 Å². The molecular formula is C21H28N2O3. The van der Waals surface area contributed by atoms with Gasteiger partial charge in [0.2, 0.25) is 0 Å². The molecule has 1 heterocycles. The van der Waals surface area contributed by atoms with Gasteiger partial charge < -0.3 is 14.6 Å². The second kappa shape index (κ2) is 8.39. The van der Waals surface area contributed by atoms with E-state index in [4.69, 9.17) is 9.26 Å². The smallest absolute Gasteiger partial charge is 0.274 e. The number of hydrogen-bond donors (Lipinski definition) is 1. The molecule has 3 rings (SSSR count). The zero-order valence-corrected chi connectivity index (χ0v) is 15.9. The molecule has 1 aromatic heterocycles. The standard InChI is InChI=1S/C21H28N2O3/c1-14-10-15(2)12-18(11-14)25-13-19-16(3)26-23-20(19)21(24)22-17-8-6-4-5-7-9-17/h10-12,17H,4-9,13H2,1-3H3,(H,22,24). The number of carbonyl (C=O) groups is 1. The molecule has 1 N–H and O–H groups in total. The van der Waals surface area contributed by atoms with E-state index in [1.807, 2.05) is 32.9 Å². The second-order valence-corrected chi connectivity index (χ2v) is 7.34. The normalized spacial score (nSPS) is 15.5. The summed E-state index contributed by atoms with van der Waals surface area (Å²) in [5, 5.41) is 7.11. The van der Waals surface area contributed by atoms with Crippen LogP contribution in [0.3, 0.4) is 0 Å². The van der Waals surface area contributed by atoms with Crippen LogP contribution in [0.5, 0.6) is 5.75 Å². The van der Waals surface area contributed by atoms with Gasteiger partial charge in [0.05, 0.1) is 5.56 Å². The Bertz CT molecular complexity index is 738. The molecule has 0 atom stereocenters. The molecule has 5 nitrogen and oxygen atoms in total. The summed E-state index contributed by atoms with van der Waals surface area (Å²) in [6.45, 7) is 6.16. The number of benzene rings is 1. The van der Waals surface area contributed by atoms with E-state index in [2.05, 4.69) is 16.5 Å². The zero-order valence-electron chi connectivity index (χ0n) is 15.9. The van der Waals surface area contributed by atoms with Crippen LogP contribution in [0.4, 0.5) is 0 Å². The van der Waals surface area contributed by atoms with Gasteiger partial charge in [-0.05, 0) is 56.9 Å². The first-order valence-corrected chi connectivity index (χ1v) is 9.50. The molecule has 1 aliphatic rings. The van der Waals surface area contributed by atoms with E-state index >= 15 is 0 Å². The number of ether oxygens (including phenoxy) is 1. The minimum Gasteiger partial charge on any atom is -0.489 e. The van der Waals surface area contributed by atoms with E-state index in [1.54, 1.807) is 0 Å². The minimum atomic E-state index is -0.159. The maximum absolute atomic E-state index is 12.7. The van der Waals surface area contributed by atoms with Gasteiger partial charge in [-0.3, -0.25) is 4.79 Å². The third kappa shape index (κ3) is 4.65. The van der Waals surface area contributed by atoms with Crippen LogP contribution in [0.15, 0.2) is 22.7 Å². The Morgan fingerprint density at radius 2 is 1.77 bits per heavy atom. The van der Waals surface area contributed by atoms with E-state index < -0.39 is 0 Å². The SMILES string of the molecule is Cc1cc(C)cc(OCc2c(C(=O)NC3CCCCCC3)noc2C)c1. The Labute approximate surface area is 155 Å². The highest BCUT2D eigenvalue weighted by atomic mass is 16.5. The van der Waals surface area contributed by atoms with Crippen LogP contribution >= 0.6 is 0 Å². The van der Waals surface area contributed by atoms with Crippen LogP contribution in [0, 0.1) is 20.8 Å². The number of nitrogens with one attached hydrogen (secondary N) is 1. The summed E-state index contributed by atoms with van der Waals surface area (Å²) < 4.78 is 11.2. The second-order valence-electron chi connectivity index (χ2n) is 7.34. The summed E-state index contributed by atoms with van der Waals surface area (Å²) in [5.41, 5.74) is 3.35. The number of hydrogen-bond acceptors (Lipinski definition) is 4. The topological polar surface area (TPSA) is 64.4 Å². The van der Waals surface area contributed by atoms with Crippen LogP contribution in [0.1, 0.15) is 71.5 Å². The van der Waals surface area contributed by atoms with Crippen molar-refractivity contribution in [3.63, 3.8) is 0 Å². The summed E-state index contributed by atoms with van der Waals surface area (Å²) in [5.74, 6) is 1.26. The number of rotatable bonds is 5. The van der Waals surface area contributed by atoms with Crippen molar-refractivity contribution in [1.82, 2.24) is 10.5 Å². The molecule has 0 unspecified atom stereocenters. The van der Waals surface area contributed by atoms with Crippen LogP contribution in [-0.2, 0) is 6.61 Å².